The molecule has 122 valence electrons. The number of rotatable bonds is 5. The van der Waals surface area contributed by atoms with Crippen LogP contribution in [-0.4, -0.2) is 22.1 Å². The maximum Gasteiger partial charge on any atom is 0.312 e. The number of nitro benzene ring substituents is 1. The molecule has 2 aromatic carbocycles. The van der Waals surface area contributed by atoms with Crippen LogP contribution >= 0.6 is 11.3 Å². The largest absolute Gasteiger partial charge is 0.497 e. The molecule has 24 heavy (non-hydrogen) atoms. The van der Waals surface area contributed by atoms with Crippen molar-refractivity contribution in [2.45, 2.75) is 0 Å². The molecule has 0 unspecified atom stereocenters. The van der Waals surface area contributed by atoms with Gasteiger partial charge in [-0.3, -0.25) is 10.1 Å². The highest BCUT2D eigenvalue weighted by Crippen LogP contribution is 2.36. The summed E-state index contributed by atoms with van der Waals surface area (Å²) in [6.07, 6.45) is 0. The molecule has 0 amide bonds. The van der Waals surface area contributed by atoms with Crippen LogP contribution in [0, 0.1) is 10.1 Å². The summed E-state index contributed by atoms with van der Waals surface area (Å²) < 4.78 is 10.7. The van der Waals surface area contributed by atoms with Crippen molar-refractivity contribution < 1.29 is 19.5 Å². The van der Waals surface area contributed by atoms with Gasteiger partial charge in [-0.15, -0.1) is 11.3 Å². The molecule has 0 saturated heterocycles. The van der Waals surface area contributed by atoms with Gasteiger partial charge in [0.25, 0.3) is 0 Å². The third-order valence-electron chi connectivity index (χ3n) is 3.18. The van der Waals surface area contributed by atoms with E-state index in [0.29, 0.717) is 22.1 Å². The predicted molar refractivity (Wildman–Crippen MR) is 88.9 cm³/mol. The van der Waals surface area contributed by atoms with Crippen LogP contribution in [0.5, 0.6) is 23.1 Å². The molecule has 3 aromatic rings. The third-order valence-corrected chi connectivity index (χ3v) is 4.06. The lowest BCUT2D eigenvalue weighted by molar-refractivity contribution is -0.385. The first-order valence-electron chi connectivity index (χ1n) is 6.82. The normalized spacial score (nSPS) is 10.4. The number of hydrogen-bond acceptors (Lipinski definition) is 7. The van der Waals surface area contributed by atoms with Crippen LogP contribution in [0.4, 0.5) is 5.69 Å². The number of aromatic nitrogens is 1. The summed E-state index contributed by atoms with van der Waals surface area (Å²) in [5, 5.41) is 22.6. The summed E-state index contributed by atoms with van der Waals surface area (Å²) in [5.74, 6) is 1.13. The second-order valence-corrected chi connectivity index (χ2v) is 5.59. The Hall–Kier alpha value is -3.13. The minimum atomic E-state index is -0.518. The van der Waals surface area contributed by atoms with Crippen LogP contribution in [-0.2, 0) is 0 Å². The second kappa shape index (κ2) is 6.55. The first kappa shape index (κ1) is 15.8. The van der Waals surface area contributed by atoms with Gasteiger partial charge in [-0.05, 0) is 36.4 Å². The quantitative estimate of drug-likeness (QED) is 0.550. The molecule has 0 fully saturated rings. The van der Waals surface area contributed by atoms with Crippen molar-refractivity contribution in [3.63, 3.8) is 0 Å². The van der Waals surface area contributed by atoms with E-state index in [1.807, 2.05) is 0 Å². The average molecular weight is 344 g/mol. The van der Waals surface area contributed by atoms with Gasteiger partial charge in [-0.25, -0.2) is 4.98 Å². The number of aromatic hydroxyl groups is 1. The van der Waals surface area contributed by atoms with E-state index in [-0.39, 0.29) is 17.3 Å². The molecule has 0 bridgehead atoms. The molecule has 7 nitrogen and oxygen atoms in total. The number of ether oxygens (including phenoxy) is 2. The van der Waals surface area contributed by atoms with Crippen molar-refractivity contribution in [3.8, 4) is 33.7 Å². The summed E-state index contributed by atoms with van der Waals surface area (Å²) in [6.45, 7) is 0. The number of nitro groups is 1. The summed E-state index contributed by atoms with van der Waals surface area (Å²) in [5.41, 5.74) is 0.354. The Morgan fingerprint density at radius 2 is 1.88 bits per heavy atom. The van der Waals surface area contributed by atoms with E-state index in [9.17, 15) is 15.2 Å². The van der Waals surface area contributed by atoms with Crippen LogP contribution in [0.3, 0.4) is 0 Å². The SMILES string of the molecule is COc1ccc(Oc2ccc(-c3nc(O)cs3)cc2[N+](=O)[O-])cc1. The van der Waals surface area contributed by atoms with Crippen molar-refractivity contribution in [3.05, 3.63) is 58.0 Å². The topological polar surface area (TPSA) is 94.7 Å². The van der Waals surface area contributed by atoms with Gasteiger partial charge in [-0.2, -0.15) is 0 Å². The standard InChI is InChI=1S/C16H12N2O5S/c1-22-11-3-5-12(6-4-11)23-14-7-2-10(8-13(14)18(20)21)16-17-15(19)9-24-16/h2-9,19H,1H3. The monoisotopic (exact) mass is 344 g/mol. The van der Waals surface area contributed by atoms with Gasteiger partial charge >= 0.3 is 5.69 Å². The molecule has 0 aliphatic rings. The fourth-order valence-corrected chi connectivity index (χ4v) is 2.73. The highest BCUT2D eigenvalue weighted by Gasteiger charge is 2.18. The van der Waals surface area contributed by atoms with Crippen molar-refractivity contribution in [1.29, 1.82) is 0 Å². The third kappa shape index (κ3) is 3.28. The molecule has 0 spiro atoms. The number of nitrogens with zero attached hydrogens (tertiary/aromatic N) is 2. The van der Waals surface area contributed by atoms with Gasteiger partial charge in [0.05, 0.1) is 17.4 Å². The second-order valence-electron chi connectivity index (χ2n) is 4.73. The molecule has 1 heterocycles. The van der Waals surface area contributed by atoms with Gasteiger partial charge in [0, 0.05) is 11.6 Å². The first-order chi connectivity index (χ1) is 11.6. The summed E-state index contributed by atoms with van der Waals surface area (Å²) in [6, 6.07) is 11.3. The molecule has 3 rings (SSSR count). The lowest BCUT2D eigenvalue weighted by atomic mass is 10.2. The summed E-state index contributed by atoms with van der Waals surface area (Å²) >= 11 is 1.20. The predicted octanol–water partition coefficient (Wildman–Crippen LogP) is 4.22. The van der Waals surface area contributed by atoms with Crippen LogP contribution in [0.2, 0.25) is 0 Å². The molecule has 8 heteroatoms. The number of methoxy groups -OCH3 is 1. The van der Waals surface area contributed by atoms with Crippen LogP contribution < -0.4 is 9.47 Å². The summed E-state index contributed by atoms with van der Waals surface area (Å²) in [7, 11) is 1.55. The van der Waals surface area contributed by atoms with E-state index in [0.717, 1.165) is 0 Å². The minimum Gasteiger partial charge on any atom is -0.497 e. The molecule has 0 radical (unpaired) electrons. The Morgan fingerprint density at radius 3 is 2.46 bits per heavy atom. The molecule has 0 aliphatic carbocycles. The lowest BCUT2D eigenvalue weighted by Gasteiger charge is -2.08. The number of benzene rings is 2. The molecule has 1 aromatic heterocycles. The Morgan fingerprint density at radius 1 is 1.17 bits per heavy atom. The van der Waals surface area contributed by atoms with Crippen molar-refractivity contribution in [2.75, 3.05) is 7.11 Å². The molecular weight excluding hydrogens is 332 g/mol. The van der Waals surface area contributed by atoms with Crippen LogP contribution in [0.25, 0.3) is 10.6 Å². The highest BCUT2D eigenvalue weighted by molar-refractivity contribution is 7.13. The van der Waals surface area contributed by atoms with E-state index < -0.39 is 4.92 Å². The van der Waals surface area contributed by atoms with Crippen molar-refractivity contribution >= 4 is 17.0 Å². The van der Waals surface area contributed by atoms with E-state index in [2.05, 4.69) is 4.98 Å². The van der Waals surface area contributed by atoms with Crippen LogP contribution in [0.1, 0.15) is 0 Å². The zero-order valence-electron chi connectivity index (χ0n) is 12.5. The maximum absolute atomic E-state index is 11.3. The molecule has 1 N–H and O–H groups in total. The Labute approximate surface area is 140 Å². The fraction of sp³-hybridized carbons (Fsp3) is 0.0625. The zero-order valence-corrected chi connectivity index (χ0v) is 13.3. The highest BCUT2D eigenvalue weighted by atomic mass is 32.1. The Balaban J connectivity index is 1.93. The van der Waals surface area contributed by atoms with Crippen molar-refractivity contribution in [1.82, 2.24) is 4.98 Å². The molecule has 0 saturated carbocycles. The Bertz CT molecular complexity index is 876. The van der Waals surface area contributed by atoms with Gasteiger partial charge < -0.3 is 14.6 Å². The fourth-order valence-electron chi connectivity index (χ4n) is 2.05. The minimum absolute atomic E-state index is 0.115. The number of thiazole rings is 1. The van der Waals surface area contributed by atoms with Gasteiger partial charge in [-0.1, -0.05) is 0 Å². The molecule has 0 atom stereocenters. The summed E-state index contributed by atoms with van der Waals surface area (Å²) in [4.78, 5) is 14.7. The van der Waals surface area contributed by atoms with Gasteiger partial charge in [0.2, 0.25) is 11.6 Å². The molecule has 0 aliphatic heterocycles. The number of hydrogen-bond donors (Lipinski definition) is 1. The lowest BCUT2D eigenvalue weighted by Crippen LogP contribution is -1.94. The van der Waals surface area contributed by atoms with Gasteiger partial charge in [0.15, 0.2) is 0 Å². The molecular formula is C16H12N2O5S. The van der Waals surface area contributed by atoms with E-state index in [1.165, 1.54) is 28.8 Å². The van der Waals surface area contributed by atoms with Crippen LogP contribution in [0.15, 0.2) is 47.8 Å². The van der Waals surface area contributed by atoms with Gasteiger partial charge in [0.1, 0.15) is 16.5 Å². The van der Waals surface area contributed by atoms with E-state index in [4.69, 9.17) is 9.47 Å². The Kier molecular flexibility index (Phi) is 4.30. The first-order valence-corrected chi connectivity index (χ1v) is 7.70. The maximum atomic E-state index is 11.3. The van der Waals surface area contributed by atoms with E-state index >= 15 is 0 Å². The average Bonchev–Trinajstić information content (AvgIpc) is 3.02. The zero-order chi connectivity index (χ0) is 17.1. The van der Waals surface area contributed by atoms with E-state index in [1.54, 1.807) is 37.4 Å². The smallest absolute Gasteiger partial charge is 0.312 e. The van der Waals surface area contributed by atoms with Crippen molar-refractivity contribution in [2.24, 2.45) is 0 Å².